The molecule has 4 aromatic carbocycles. The number of esters is 1. The molecule has 4 aromatic rings. The maximum absolute atomic E-state index is 12.5. The van der Waals surface area contributed by atoms with Gasteiger partial charge in [0.2, 0.25) is 0 Å². The third-order valence-corrected chi connectivity index (χ3v) is 7.64. The van der Waals surface area contributed by atoms with Gasteiger partial charge in [-0.05, 0) is 90.5 Å². The Morgan fingerprint density at radius 3 is 2.17 bits per heavy atom. The second-order valence-corrected chi connectivity index (χ2v) is 11.2. The Kier molecular flexibility index (Phi) is 9.51. The molecule has 0 aliphatic rings. The second kappa shape index (κ2) is 13.0. The lowest BCUT2D eigenvalue weighted by Gasteiger charge is -2.11. The number of hydrogen-bond acceptors (Lipinski definition) is 7. The molecule has 9 nitrogen and oxygen atoms in total. The maximum Gasteiger partial charge on any atom is 0.345 e. The maximum atomic E-state index is 12.5. The molecule has 0 saturated heterocycles. The van der Waals surface area contributed by atoms with E-state index >= 15 is 0 Å². The summed E-state index contributed by atoms with van der Waals surface area (Å²) in [5.74, 6) is -0.819. The fraction of sp³-hybridized carbons (Fsp3) is 0.0357. The minimum atomic E-state index is -3.82. The van der Waals surface area contributed by atoms with E-state index in [4.69, 9.17) is 44.3 Å². The van der Waals surface area contributed by atoms with Gasteiger partial charge in [0.15, 0.2) is 11.5 Å². The van der Waals surface area contributed by atoms with Crippen molar-refractivity contribution < 1.29 is 27.5 Å². The summed E-state index contributed by atoms with van der Waals surface area (Å²) in [4.78, 5) is 25.1. The molecule has 0 bridgehead atoms. The Labute approximate surface area is 250 Å². The molecule has 0 radical (unpaired) electrons. The Hall–Kier alpha value is -4.09. The quantitative estimate of drug-likeness (QED) is 0.0948. The van der Waals surface area contributed by atoms with Crippen molar-refractivity contribution in [1.29, 1.82) is 0 Å². The molecule has 0 spiro atoms. The lowest BCUT2D eigenvalue weighted by Crippen LogP contribution is -2.18. The van der Waals surface area contributed by atoms with Gasteiger partial charge in [-0.25, -0.2) is 18.6 Å². The molecular weight excluding hydrogens is 613 g/mol. The van der Waals surface area contributed by atoms with Crippen molar-refractivity contribution in [3.05, 3.63) is 117 Å². The van der Waals surface area contributed by atoms with E-state index in [9.17, 15) is 18.0 Å². The number of carbonyl (C=O) groups is 2. The first-order valence-corrected chi connectivity index (χ1v) is 14.2. The Morgan fingerprint density at radius 2 is 1.51 bits per heavy atom. The van der Waals surface area contributed by atoms with E-state index in [1.807, 2.05) is 0 Å². The molecule has 0 aromatic heterocycles. The number of anilines is 1. The Bertz CT molecular complexity index is 1730. The van der Waals surface area contributed by atoms with E-state index in [2.05, 4.69) is 15.2 Å². The second-order valence-electron chi connectivity index (χ2n) is 8.26. The highest BCUT2D eigenvalue weighted by Crippen LogP contribution is 2.30. The van der Waals surface area contributed by atoms with Crippen LogP contribution in [0.25, 0.3) is 0 Å². The normalized spacial score (nSPS) is 11.2. The van der Waals surface area contributed by atoms with Crippen LogP contribution in [0.2, 0.25) is 15.1 Å². The summed E-state index contributed by atoms with van der Waals surface area (Å²) in [7, 11) is -2.42. The van der Waals surface area contributed by atoms with Gasteiger partial charge in [0.05, 0.1) is 28.8 Å². The summed E-state index contributed by atoms with van der Waals surface area (Å²) in [6.07, 6.45) is 1.37. The first-order chi connectivity index (χ1) is 19.6. The fourth-order valence-electron chi connectivity index (χ4n) is 3.41. The molecule has 41 heavy (non-hydrogen) atoms. The lowest BCUT2D eigenvalue weighted by atomic mass is 10.2. The number of nitrogens with one attached hydrogen (secondary N) is 2. The third-order valence-electron chi connectivity index (χ3n) is 5.44. The van der Waals surface area contributed by atoms with Gasteiger partial charge in [0.25, 0.3) is 15.9 Å². The van der Waals surface area contributed by atoms with Gasteiger partial charge in [-0.1, -0.05) is 34.8 Å². The van der Waals surface area contributed by atoms with E-state index in [0.29, 0.717) is 15.6 Å². The molecule has 0 saturated carbocycles. The van der Waals surface area contributed by atoms with Crippen molar-refractivity contribution in [2.24, 2.45) is 5.10 Å². The van der Waals surface area contributed by atoms with Gasteiger partial charge in [-0.15, -0.1) is 0 Å². The molecule has 0 unspecified atom stereocenters. The highest BCUT2D eigenvalue weighted by molar-refractivity contribution is 7.92. The van der Waals surface area contributed by atoms with E-state index in [0.717, 1.165) is 0 Å². The fourth-order valence-corrected chi connectivity index (χ4v) is 5.08. The van der Waals surface area contributed by atoms with E-state index in [-0.39, 0.29) is 38.2 Å². The van der Waals surface area contributed by atoms with E-state index in [1.165, 1.54) is 86.1 Å². The number of benzene rings is 4. The number of ether oxygens (including phenoxy) is 2. The minimum Gasteiger partial charge on any atom is -0.493 e. The Morgan fingerprint density at radius 1 is 0.829 bits per heavy atom. The van der Waals surface area contributed by atoms with Crippen LogP contribution in [0.4, 0.5) is 5.69 Å². The molecule has 0 atom stereocenters. The monoisotopic (exact) mass is 631 g/mol. The van der Waals surface area contributed by atoms with Crippen LogP contribution in [0, 0.1) is 0 Å². The molecular formula is C28H20Cl3N3O6S. The van der Waals surface area contributed by atoms with Crippen LogP contribution in [0.3, 0.4) is 0 Å². The molecule has 0 fully saturated rings. The third kappa shape index (κ3) is 7.77. The summed E-state index contributed by atoms with van der Waals surface area (Å²) in [5.41, 5.74) is 3.59. The van der Waals surface area contributed by atoms with Gasteiger partial charge in [0.1, 0.15) is 0 Å². The summed E-state index contributed by atoms with van der Waals surface area (Å²) in [5, 5.41) is 4.89. The zero-order chi connectivity index (χ0) is 29.6. The number of nitrogens with zero attached hydrogens (tertiary/aromatic N) is 1. The van der Waals surface area contributed by atoms with Crippen LogP contribution in [0.15, 0.2) is 94.9 Å². The molecule has 0 aliphatic heterocycles. The van der Waals surface area contributed by atoms with E-state index in [1.54, 1.807) is 12.1 Å². The zero-order valence-electron chi connectivity index (χ0n) is 21.1. The molecule has 1 amide bonds. The number of hydrogen-bond donors (Lipinski definition) is 2. The van der Waals surface area contributed by atoms with Gasteiger partial charge in [0, 0.05) is 21.3 Å². The predicted molar refractivity (Wildman–Crippen MR) is 158 cm³/mol. The number of amides is 1. The van der Waals surface area contributed by atoms with Crippen LogP contribution in [0.5, 0.6) is 11.5 Å². The average molecular weight is 633 g/mol. The van der Waals surface area contributed by atoms with Crippen molar-refractivity contribution in [2.45, 2.75) is 4.90 Å². The topological polar surface area (TPSA) is 123 Å². The SMILES string of the molecule is COc1cc(/C=N/NC(=O)c2ccc(NS(=O)(=O)c3ccc(Cl)cc3)cc2)ccc1OC(=O)c1ccc(Cl)cc1Cl. The highest BCUT2D eigenvalue weighted by atomic mass is 35.5. The van der Waals surface area contributed by atoms with Crippen LogP contribution >= 0.6 is 34.8 Å². The van der Waals surface area contributed by atoms with Crippen LogP contribution in [0.1, 0.15) is 26.3 Å². The number of halogens is 3. The summed E-state index contributed by atoms with van der Waals surface area (Å²) < 4.78 is 38.2. The van der Waals surface area contributed by atoms with Gasteiger partial charge in [-0.2, -0.15) is 5.10 Å². The van der Waals surface area contributed by atoms with Crippen molar-refractivity contribution >= 4 is 68.6 Å². The Balaban J connectivity index is 1.36. The molecule has 2 N–H and O–H groups in total. The van der Waals surface area contributed by atoms with Gasteiger partial charge >= 0.3 is 5.97 Å². The van der Waals surface area contributed by atoms with Crippen molar-refractivity contribution in [3.63, 3.8) is 0 Å². The molecule has 210 valence electrons. The largest absolute Gasteiger partial charge is 0.493 e. The number of methoxy groups -OCH3 is 1. The molecule has 0 heterocycles. The molecule has 0 aliphatic carbocycles. The predicted octanol–water partition coefficient (Wildman–Crippen LogP) is 6.44. The first-order valence-electron chi connectivity index (χ1n) is 11.6. The lowest BCUT2D eigenvalue weighted by molar-refractivity contribution is 0.0729. The molecule has 4 rings (SSSR count). The minimum absolute atomic E-state index is 0.0480. The van der Waals surface area contributed by atoms with Gasteiger partial charge in [-0.3, -0.25) is 9.52 Å². The highest BCUT2D eigenvalue weighted by Gasteiger charge is 2.17. The number of hydrazone groups is 1. The summed E-state index contributed by atoms with van der Waals surface area (Å²) >= 11 is 17.8. The summed E-state index contributed by atoms with van der Waals surface area (Å²) in [6, 6.07) is 20.6. The number of rotatable bonds is 9. The van der Waals surface area contributed by atoms with Gasteiger partial charge < -0.3 is 9.47 Å². The average Bonchev–Trinajstić information content (AvgIpc) is 2.94. The van der Waals surface area contributed by atoms with Crippen molar-refractivity contribution in [1.82, 2.24) is 5.43 Å². The van der Waals surface area contributed by atoms with Crippen molar-refractivity contribution in [2.75, 3.05) is 11.8 Å². The zero-order valence-corrected chi connectivity index (χ0v) is 24.2. The first kappa shape index (κ1) is 29.9. The standard InChI is InChI=1S/C28H20Cl3N3O6S/c1-39-26-14-17(2-13-25(26)40-28(36)23-12-7-20(30)15-24(23)31)16-32-33-27(35)18-3-8-21(9-4-18)34-41(37,38)22-10-5-19(29)6-11-22/h2-16,34H,1H3,(H,33,35)/b32-16+. The number of carbonyl (C=O) groups excluding carboxylic acids is 2. The molecule has 13 heteroatoms. The van der Waals surface area contributed by atoms with Crippen molar-refractivity contribution in [3.8, 4) is 11.5 Å². The van der Waals surface area contributed by atoms with Crippen LogP contribution < -0.4 is 19.6 Å². The van der Waals surface area contributed by atoms with Crippen LogP contribution in [-0.2, 0) is 10.0 Å². The summed E-state index contributed by atoms with van der Waals surface area (Å²) in [6.45, 7) is 0. The smallest absolute Gasteiger partial charge is 0.345 e. The van der Waals surface area contributed by atoms with Crippen LogP contribution in [-0.4, -0.2) is 33.6 Å². The number of sulfonamides is 1. The van der Waals surface area contributed by atoms with E-state index < -0.39 is 21.9 Å².